The monoisotopic (exact) mass is 262 g/mol. The number of amides is 1. The molecule has 0 atom stereocenters. The first-order valence-electron chi connectivity index (χ1n) is 6.71. The van der Waals surface area contributed by atoms with Crippen molar-refractivity contribution in [3.05, 3.63) is 18.5 Å². The van der Waals surface area contributed by atoms with Crippen LogP contribution < -0.4 is 10.2 Å². The second-order valence-electron chi connectivity index (χ2n) is 5.21. The number of hydrogen-bond donors (Lipinski definition) is 1. The Balaban J connectivity index is 1.98. The fraction of sp³-hybridized carbons (Fsp3) is 0.571. The molecule has 0 unspecified atom stereocenters. The molecule has 1 aromatic heterocycles. The van der Waals surface area contributed by atoms with E-state index < -0.39 is 0 Å². The van der Waals surface area contributed by atoms with Gasteiger partial charge in [-0.3, -0.25) is 9.78 Å². The zero-order valence-electron chi connectivity index (χ0n) is 11.9. The summed E-state index contributed by atoms with van der Waals surface area (Å²) in [6.45, 7) is 3.31. The Morgan fingerprint density at radius 2 is 2.11 bits per heavy atom. The number of nitrogens with one attached hydrogen (secondary N) is 1. The third kappa shape index (κ3) is 3.36. The fourth-order valence-corrected chi connectivity index (χ4v) is 2.45. The summed E-state index contributed by atoms with van der Waals surface area (Å²) in [4.78, 5) is 19.5. The summed E-state index contributed by atoms with van der Waals surface area (Å²) in [5, 5.41) is 3.55. The molecule has 1 aliphatic rings. The Morgan fingerprint density at radius 1 is 1.42 bits per heavy atom. The highest BCUT2D eigenvalue weighted by Crippen LogP contribution is 2.25. The molecule has 1 aliphatic heterocycles. The van der Waals surface area contributed by atoms with Crippen LogP contribution >= 0.6 is 0 Å². The zero-order chi connectivity index (χ0) is 13.8. The largest absolute Gasteiger partial charge is 0.379 e. The van der Waals surface area contributed by atoms with Crippen molar-refractivity contribution in [2.45, 2.75) is 25.8 Å². The maximum Gasteiger partial charge on any atom is 0.219 e. The van der Waals surface area contributed by atoms with Crippen molar-refractivity contribution in [1.29, 1.82) is 0 Å². The third-order valence-electron chi connectivity index (χ3n) is 3.58. The molecule has 1 amide bonds. The number of carbonyl (C=O) groups excluding carboxylic acids is 1. The number of likely N-dealkylation sites (tertiary alicyclic amines) is 1. The lowest BCUT2D eigenvalue weighted by Crippen LogP contribution is -2.41. The lowest BCUT2D eigenvalue weighted by atomic mass is 10.0. The summed E-state index contributed by atoms with van der Waals surface area (Å²) in [7, 11) is 4.05. The van der Waals surface area contributed by atoms with Crippen molar-refractivity contribution in [1.82, 2.24) is 9.88 Å². The van der Waals surface area contributed by atoms with E-state index >= 15 is 0 Å². The highest BCUT2D eigenvalue weighted by Gasteiger charge is 2.21. The number of nitrogens with zero attached hydrogens (tertiary/aromatic N) is 3. The standard InChI is InChI=1S/C14H22N4O/c1-11(19)18-8-5-12(6-9-18)16-13-10-15-7-4-14(13)17(2)3/h4,7,10,12,16H,5-6,8-9H2,1-3H3. The van der Waals surface area contributed by atoms with Crippen molar-refractivity contribution in [2.75, 3.05) is 37.4 Å². The average Bonchev–Trinajstić information content (AvgIpc) is 2.39. The molecule has 1 aromatic rings. The predicted molar refractivity (Wildman–Crippen MR) is 77.5 cm³/mol. The maximum absolute atomic E-state index is 11.3. The average molecular weight is 262 g/mol. The van der Waals surface area contributed by atoms with Crippen LogP contribution in [-0.2, 0) is 4.79 Å². The van der Waals surface area contributed by atoms with Crippen LogP contribution in [0.2, 0.25) is 0 Å². The van der Waals surface area contributed by atoms with Gasteiger partial charge < -0.3 is 15.1 Å². The van der Waals surface area contributed by atoms with Gasteiger partial charge in [-0.25, -0.2) is 0 Å². The van der Waals surface area contributed by atoms with Crippen LogP contribution in [0.1, 0.15) is 19.8 Å². The normalized spacial score (nSPS) is 16.3. The number of rotatable bonds is 3. The molecule has 1 saturated heterocycles. The van der Waals surface area contributed by atoms with Gasteiger partial charge in [0.15, 0.2) is 0 Å². The number of aromatic nitrogens is 1. The van der Waals surface area contributed by atoms with Crippen LogP contribution in [0.25, 0.3) is 0 Å². The van der Waals surface area contributed by atoms with Gasteiger partial charge in [0, 0.05) is 46.3 Å². The second kappa shape index (κ2) is 5.91. The summed E-state index contributed by atoms with van der Waals surface area (Å²) in [5.41, 5.74) is 2.21. The van der Waals surface area contributed by atoms with Crippen molar-refractivity contribution >= 4 is 17.3 Å². The van der Waals surface area contributed by atoms with E-state index in [-0.39, 0.29) is 5.91 Å². The molecule has 1 N–H and O–H groups in total. The fourth-order valence-electron chi connectivity index (χ4n) is 2.45. The van der Waals surface area contributed by atoms with Crippen LogP contribution in [0, 0.1) is 0 Å². The zero-order valence-corrected chi connectivity index (χ0v) is 11.9. The summed E-state index contributed by atoms with van der Waals surface area (Å²) in [6, 6.07) is 2.42. The first-order valence-corrected chi connectivity index (χ1v) is 6.71. The van der Waals surface area contributed by atoms with Crippen LogP contribution in [0.5, 0.6) is 0 Å². The SMILES string of the molecule is CC(=O)N1CCC(Nc2cnccc2N(C)C)CC1. The van der Waals surface area contributed by atoms with E-state index in [0.29, 0.717) is 6.04 Å². The molecule has 5 nitrogen and oxygen atoms in total. The second-order valence-corrected chi connectivity index (χ2v) is 5.21. The van der Waals surface area contributed by atoms with Gasteiger partial charge in [-0.1, -0.05) is 0 Å². The molecule has 2 rings (SSSR count). The highest BCUT2D eigenvalue weighted by molar-refractivity contribution is 5.73. The highest BCUT2D eigenvalue weighted by atomic mass is 16.2. The molecule has 104 valence electrons. The molecular formula is C14H22N4O. The van der Waals surface area contributed by atoms with Crippen molar-refractivity contribution < 1.29 is 4.79 Å². The third-order valence-corrected chi connectivity index (χ3v) is 3.58. The Kier molecular flexibility index (Phi) is 4.24. The van der Waals surface area contributed by atoms with Crippen LogP contribution in [0.15, 0.2) is 18.5 Å². The molecule has 1 fully saturated rings. The minimum atomic E-state index is 0.175. The number of hydrogen-bond acceptors (Lipinski definition) is 4. The number of anilines is 2. The van der Waals surface area contributed by atoms with E-state index in [1.54, 1.807) is 13.1 Å². The molecule has 0 saturated carbocycles. The minimum Gasteiger partial charge on any atom is -0.379 e. The molecule has 19 heavy (non-hydrogen) atoms. The number of pyridine rings is 1. The summed E-state index contributed by atoms with van der Waals surface area (Å²) < 4.78 is 0. The quantitative estimate of drug-likeness (QED) is 0.898. The summed E-state index contributed by atoms with van der Waals surface area (Å²) >= 11 is 0. The van der Waals surface area contributed by atoms with E-state index in [1.165, 1.54) is 0 Å². The van der Waals surface area contributed by atoms with E-state index in [9.17, 15) is 4.79 Å². The van der Waals surface area contributed by atoms with Crippen molar-refractivity contribution in [3.8, 4) is 0 Å². The Labute approximate surface area is 114 Å². The van der Waals surface area contributed by atoms with Gasteiger partial charge in [0.1, 0.15) is 0 Å². The first kappa shape index (κ1) is 13.6. The van der Waals surface area contributed by atoms with Gasteiger partial charge in [0.2, 0.25) is 5.91 Å². The van der Waals surface area contributed by atoms with Gasteiger partial charge in [0.05, 0.1) is 17.6 Å². The maximum atomic E-state index is 11.3. The molecule has 0 spiro atoms. The number of carbonyl (C=O) groups is 1. The molecule has 0 aliphatic carbocycles. The first-order chi connectivity index (χ1) is 9.08. The lowest BCUT2D eigenvalue weighted by molar-refractivity contribution is -0.129. The summed E-state index contributed by atoms with van der Waals surface area (Å²) in [6.07, 6.45) is 5.65. The summed E-state index contributed by atoms with van der Waals surface area (Å²) in [5.74, 6) is 0.175. The van der Waals surface area contributed by atoms with Crippen molar-refractivity contribution in [2.24, 2.45) is 0 Å². The Hall–Kier alpha value is -1.78. The van der Waals surface area contributed by atoms with E-state index in [4.69, 9.17) is 0 Å². The molecule has 2 heterocycles. The Bertz CT molecular complexity index is 439. The van der Waals surface area contributed by atoms with E-state index in [0.717, 1.165) is 37.3 Å². The predicted octanol–water partition coefficient (Wildman–Crippen LogP) is 1.57. The van der Waals surface area contributed by atoms with E-state index in [2.05, 4.69) is 15.2 Å². The molecule has 0 bridgehead atoms. The smallest absolute Gasteiger partial charge is 0.219 e. The van der Waals surface area contributed by atoms with Crippen LogP contribution in [0.4, 0.5) is 11.4 Å². The van der Waals surface area contributed by atoms with E-state index in [1.807, 2.05) is 31.3 Å². The number of piperidine rings is 1. The van der Waals surface area contributed by atoms with Crippen molar-refractivity contribution in [3.63, 3.8) is 0 Å². The molecular weight excluding hydrogens is 240 g/mol. The molecule has 0 aromatic carbocycles. The van der Waals surface area contributed by atoms with Gasteiger partial charge in [-0.2, -0.15) is 0 Å². The minimum absolute atomic E-state index is 0.175. The molecule has 0 radical (unpaired) electrons. The van der Waals surface area contributed by atoms with Crippen LogP contribution in [-0.4, -0.2) is 49.0 Å². The molecule has 5 heteroatoms. The van der Waals surface area contributed by atoms with Gasteiger partial charge >= 0.3 is 0 Å². The van der Waals surface area contributed by atoms with Crippen LogP contribution in [0.3, 0.4) is 0 Å². The topological polar surface area (TPSA) is 48.5 Å². The van der Waals surface area contributed by atoms with Gasteiger partial charge in [-0.05, 0) is 18.9 Å². The van der Waals surface area contributed by atoms with Gasteiger partial charge in [0.25, 0.3) is 0 Å². The lowest BCUT2D eigenvalue weighted by Gasteiger charge is -2.33. The van der Waals surface area contributed by atoms with Gasteiger partial charge in [-0.15, -0.1) is 0 Å². The Morgan fingerprint density at radius 3 is 2.68 bits per heavy atom.